The molecule has 8 heteroatoms. The molecule has 1 amide bonds. The molecule has 2 saturated heterocycles. The average molecular weight is 495 g/mol. The highest BCUT2D eigenvalue weighted by Crippen LogP contribution is 2.27. The molecule has 0 aromatic heterocycles. The van der Waals surface area contributed by atoms with E-state index in [9.17, 15) is 13.2 Å². The summed E-state index contributed by atoms with van der Waals surface area (Å²) < 4.78 is 28.2. The molecule has 2 aromatic carbocycles. The van der Waals surface area contributed by atoms with Gasteiger partial charge in [-0.3, -0.25) is 9.69 Å². The Morgan fingerprint density at radius 3 is 2.40 bits per heavy atom. The Morgan fingerprint density at radius 2 is 1.71 bits per heavy atom. The van der Waals surface area contributed by atoms with Crippen LogP contribution in [0.1, 0.15) is 48.2 Å². The minimum atomic E-state index is -3.64. The van der Waals surface area contributed by atoms with Gasteiger partial charge in [0.25, 0.3) is 5.91 Å². The summed E-state index contributed by atoms with van der Waals surface area (Å²) >= 11 is 0. The third-order valence-corrected chi connectivity index (χ3v) is 8.75. The summed E-state index contributed by atoms with van der Waals surface area (Å²) in [6.45, 7) is 8.83. The Morgan fingerprint density at radius 1 is 1.00 bits per heavy atom. The Kier molecular flexibility index (Phi) is 7.90. The van der Waals surface area contributed by atoms with E-state index in [2.05, 4.69) is 24.8 Å². The van der Waals surface area contributed by atoms with E-state index in [1.165, 1.54) is 0 Å². The van der Waals surface area contributed by atoms with E-state index in [1.807, 2.05) is 29.2 Å². The maximum Gasteiger partial charge on any atom is 0.253 e. The van der Waals surface area contributed by atoms with E-state index in [0.29, 0.717) is 49.1 Å². The van der Waals surface area contributed by atoms with Crippen molar-refractivity contribution in [2.24, 2.45) is 11.8 Å². The van der Waals surface area contributed by atoms with E-state index in [4.69, 9.17) is 5.26 Å². The van der Waals surface area contributed by atoms with Crippen molar-refractivity contribution >= 4 is 15.9 Å². The predicted molar refractivity (Wildman–Crippen MR) is 135 cm³/mol. The van der Waals surface area contributed by atoms with E-state index < -0.39 is 10.0 Å². The SMILES string of the molecule is CC1CC(C)CN(S(=O)(=O)c2cccc(C(=O)N3CCCN(Cc4ccc(C#N)cc4)CC3)c2)C1. The molecule has 0 spiro atoms. The van der Waals surface area contributed by atoms with Crippen molar-refractivity contribution in [3.05, 3.63) is 65.2 Å². The number of carbonyl (C=O) groups is 1. The molecule has 0 bridgehead atoms. The van der Waals surface area contributed by atoms with Crippen LogP contribution >= 0.6 is 0 Å². The lowest BCUT2D eigenvalue weighted by Gasteiger charge is -2.34. The zero-order chi connectivity index (χ0) is 25.0. The molecule has 2 fully saturated rings. The first-order valence-corrected chi connectivity index (χ1v) is 13.8. The van der Waals surface area contributed by atoms with Gasteiger partial charge in [0.15, 0.2) is 0 Å². The second-order valence-corrected chi connectivity index (χ2v) is 12.0. The maximum atomic E-state index is 13.3. The lowest BCUT2D eigenvalue weighted by Crippen LogP contribution is -2.42. The first-order chi connectivity index (χ1) is 16.8. The number of amides is 1. The smallest absolute Gasteiger partial charge is 0.253 e. The molecule has 0 aliphatic carbocycles. The molecule has 186 valence electrons. The topological polar surface area (TPSA) is 84.7 Å². The molecule has 35 heavy (non-hydrogen) atoms. The van der Waals surface area contributed by atoms with Crippen LogP contribution in [0.5, 0.6) is 0 Å². The summed E-state index contributed by atoms with van der Waals surface area (Å²) in [7, 11) is -3.64. The van der Waals surface area contributed by atoms with Crippen molar-refractivity contribution in [3.63, 3.8) is 0 Å². The van der Waals surface area contributed by atoms with Crippen molar-refractivity contribution in [2.45, 2.75) is 38.1 Å². The third kappa shape index (κ3) is 6.10. The zero-order valence-corrected chi connectivity index (χ0v) is 21.4. The van der Waals surface area contributed by atoms with Gasteiger partial charge in [0.05, 0.1) is 16.5 Å². The minimum absolute atomic E-state index is 0.123. The number of sulfonamides is 1. The maximum absolute atomic E-state index is 13.3. The summed E-state index contributed by atoms with van der Waals surface area (Å²) in [4.78, 5) is 17.7. The third-order valence-electron chi connectivity index (χ3n) is 6.92. The molecule has 2 unspecified atom stereocenters. The number of nitriles is 1. The lowest BCUT2D eigenvalue weighted by atomic mass is 9.94. The molecule has 4 rings (SSSR count). The summed E-state index contributed by atoms with van der Waals surface area (Å²) in [6.07, 6.45) is 1.88. The van der Waals surface area contributed by atoms with Crippen LogP contribution in [0.25, 0.3) is 0 Å². The van der Waals surface area contributed by atoms with Gasteiger partial charge in [0.2, 0.25) is 10.0 Å². The molecular formula is C27H34N4O3S. The van der Waals surface area contributed by atoms with Gasteiger partial charge in [-0.2, -0.15) is 9.57 Å². The highest BCUT2D eigenvalue weighted by Gasteiger charge is 2.32. The fraction of sp³-hybridized carbons (Fsp3) is 0.481. The highest BCUT2D eigenvalue weighted by molar-refractivity contribution is 7.89. The fourth-order valence-electron chi connectivity index (χ4n) is 5.20. The molecule has 2 heterocycles. The van der Waals surface area contributed by atoms with Crippen LogP contribution in [0.2, 0.25) is 0 Å². The van der Waals surface area contributed by atoms with E-state index in [-0.39, 0.29) is 10.8 Å². The van der Waals surface area contributed by atoms with Gasteiger partial charge in [-0.25, -0.2) is 8.42 Å². The first-order valence-electron chi connectivity index (χ1n) is 12.4. The summed E-state index contributed by atoms with van der Waals surface area (Å²) in [5.74, 6) is 0.521. The average Bonchev–Trinajstić information content (AvgIpc) is 3.09. The summed E-state index contributed by atoms with van der Waals surface area (Å²) in [5, 5.41) is 8.98. The number of carbonyl (C=O) groups excluding carboxylic acids is 1. The number of piperidine rings is 1. The zero-order valence-electron chi connectivity index (χ0n) is 20.6. The second kappa shape index (κ2) is 10.9. The monoisotopic (exact) mass is 494 g/mol. The number of benzene rings is 2. The fourth-order valence-corrected chi connectivity index (χ4v) is 6.92. The standard InChI is InChI=1S/C27H34N4O3S/c1-21-15-22(2)19-31(18-21)35(33,34)26-6-3-5-25(16-26)27(32)30-12-4-11-29(13-14-30)20-24-9-7-23(17-28)8-10-24/h3,5-10,16,21-22H,4,11-15,18-20H2,1-2H3. The van der Waals surface area contributed by atoms with Crippen molar-refractivity contribution < 1.29 is 13.2 Å². The van der Waals surface area contributed by atoms with E-state index >= 15 is 0 Å². The highest BCUT2D eigenvalue weighted by atomic mass is 32.2. The lowest BCUT2D eigenvalue weighted by molar-refractivity contribution is 0.0761. The van der Waals surface area contributed by atoms with E-state index in [1.54, 1.807) is 28.6 Å². The van der Waals surface area contributed by atoms with Crippen LogP contribution in [0.4, 0.5) is 0 Å². The van der Waals surface area contributed by atoms with Crippen LogP contribution in [-0.2, 0) is 16.6 Å². The number of nitrogens with zero attached hydrogens (tertiary/aromatic N) is 4. The molecule has 2 aliphatic rings. The number of hydrogen-bond donors (Lipinski definition) is 0. The molecule has 2 aromatic rings. The van der Waals surface area contributed by atoms with Crippen LogP contribution in [0, 0.1) is 23.2 Å². The quantitative estimate of drug-likeness (QED) is 0.634. The van der Waals surface area contributed by atoms with Crippen LogP contribution in [0.15, 0.2) is 53.4 Å². The summed E-state index contributed by atoms with van der Waals surface area (Å²) in [5.41, 5.74) is 2.21. The Hall–Kier alpha value is -2.73. The molecule has 2 atom stereocenters. The van der Waals surface area contributed by atoms with Crippen LogP contribution < -0.4 is 0 Å². The molecule has 2 aliphatic heterocycles. The predicted octanol–water partition coefficient (Wildman–Crippen LogP) is 3.57. The molecule has 7 nitrogen and oxygen atoms in total. The van der Waals surface area contributed by atoms with Gasteiger partial charge in [-0.15, -0.1) is 0 Å². The summed E-state index contributed by atoms with van der Waals surface area (Å²) in [6, 6.07) is 16.3. The first kappa shape index (κ1) is 25.4. The second-order valence-electron chi connectivity index (χ2n) is 10.0. The minimum Gasteiger partial charge on any atom is -0.337 e. The van der Waals surface area contributed by atoms with E-state index in [0.717, 1.165) is 38.0 Å². The number of hydrogen-bond acceptors (Lipinski definition) is 5. The Labute approximate surface area is 209 Å². The number of rotatable bonds is 5. The van der Waals surface area contributed by atoms with Crippen molar-refractivity contribution in [3.8, 4) is 6.07 Å². The molecule has 0 saturated carbocycles. The van der Waals surface area contributed by atoms with Crippen molar-refractivity contribution in [2.75, 3.05) is 39.3 Å². The Bertz CT molecular complexity index is 1180. The van der Waals surface area contributed by atoms with Crippen LogP contribution in [-0.4, -0.2) is 67.7 Å². The van der Waals surface area contributed by atoms with Gasteiger partial charge in [-0.1, -0.05) is 32.0 Å². The van der Waals surface area contributed by atoms with Gasteiger partial charge in [-0.05, 0) is 60.6 Å². The molecule has 0 N–H and O–H groups in total. The Balaban J connectivity index is 1.42. The van der Waals surface area contributed by atoms with Gasteiger partial charge in [0.1, 0.15) is 0 Å². The van der Waals surface area contributed by atoms with Crippen LogP contribution in [0.3, 0.4) is 0 Å². The van der Waals surface area contributed by atoms with Gasteiger partial charge >= 0.3 is 0 Å². The van der Waals surface area contributed by atoms with Gasteiger partial charge < -0.3 is 4.90 Å². The molecular weight excluding hydrogens is 460 g/mol. The molecule has 0 radical (unpaired) electrons. The normalized spacial score (nSPS) is 22.4. The van der Waals surface area contributed by atoms with Crippen molar-refractivity contribution in [1.29, 1.82) is 5.26 Å². The van der Waals surface area contributed by atoms with Gasteiger partial charge in [0, 0.05) is 51.4 Å². The largest absolute Gasteiger partial charge is 0.337 e. The van der Waals surface area contributed by atoms with Crippen molar-refractivity contribution in [1.82, 2.24) is 14.1 Å².